The number of hydrogen-bond acceptors (Lipinski definition) is 2. The topological polar surface area (TPSA) is 42.2 Å². The number of carbonyl (C=O) groups is 1. The maximum absolute atomic E-state index is 10.7. The van der Waals surface area contributed by atoms with Gasteiger partial charge in [0.2, 0.25) is 0 Å². The standard InChI is InChI=1S/C12H11NO2/c14-9-11-4-2-6-13(11)8-10-3-1-5-12(15)7-10/h1-7,9,15H,8H2. The molecule has 0 saturated heterocycles. The molecule has 1 heterocycles. The van der Waals surface area contributed by atoms with Crippen molar-refractivity contribution in [1.29, 1.82) is 0 Å². The molecule has 0 aliphatic rings. The maximum atomic E-state index is 10.7. The summed E-state index contributed by atoms with van der Waals surface area (Å²) >= 11 is 0. The van der Waals surface area contributed by atoms with Crippen LogP contribution in [0.5, 0.6) is 5.75 Å². The molecule has 1 N–H and O–H groups in total. The van der Waals surface area contributed by atoms with Crippen LogP contribution in [0.15, 0.2) is 42.6 Å². The van der Waals surface area contributed by atoms with Crippen molar-refractivity contribution >= 4 is 6.29 Å². The smallest absolute Gasteiger partial charge is 0.166 e. The molecule has 0 radical (unpaired) electrons. The zero-order chi connectivity index (χ0) is 10.7. The highest BCUT2D eigenvalue weighted by Crippen LogP contribution is 2.13. The van der Waals surface area contributed by atoms with Crippen LogP contribution in [0.1, 0.15) is 16.1 Å². The van der Waals surface area contributed by atoms with Crippen LogP contribution < -0.4 is 0 Å². The van der Waals surface area contributed by atoms with Gasteiger partial charge in [-0.3, -0.25) is 4.79 Å². The average Bonchev–Trinajstić information content (AvgIpc) is 2.65. The van der Waals surface area contributed by atoms with Gasteiger partial charge in [-0.1, -0.05) is 12.1 Å². The summed E-state index contributed by atoms with van der Waals surface area (Å²) in [4.78, 5) is 10.7. The number of aldehydes is 1. The third kappa shape index (κ3) is 2.07. The molecular formula is C12H11NO2. The molecule has 0 aliphatic carbocycles. The second-order valence-electron chi connectivity index (χ2n) is 3.35. The first-order valence-corrected chi connectivity index (χ1v) is 4.68. The van der Waals surface area contributed by atoms with Crippen molar-refractivity contribution in [2.24, 2.45) is 0 Å². The van der Waals surface area contributed by atoms with Crippen molar-refractivity contribution in [3.8, 4) is 5.75 Å². The Morgan fingerprint density at radius 1 is 1.27 bits per heavy atom. The summed E-state index contributed by atoms with van der Waals surface area (Å²) in [6.45, 7) is 0.593. The minimum Gasteiger partial charge on any atom is -0.508 e. The molecule has 76 valence electrons. The maximum Gasteiger partial charge on any atom is 0.166 e. The number of phenolic OH excluding ortho intramolecular Hbond substituents is 1. The van der Waals surface area contributed by atoms with Gasteiger partial charge in [0.05, 0.1) is 5.69 Å². The fraction of sp³-hybridized carbons (Fsp3) is 0.0833. The van der Waals surface area contributed by atoms with E-state index in [1.54, 1.807) is 24.3 Å². The predicted octanol–water partition coefficient (Wildman–Crippen LogP) is 2.05. The van der Waals surface area contributed by atoms with E-state index >= 15 is 0 Å². The lowest BCUT2D eigenvalue weighted by molar-refractivity contribution is 0.111. The molecule has 2 aromatic rings. The average molecular weight is 201 g/mol. The van der Waals surface area contributed by atoms with Gasteiger partial charge in [-0.05, 0) is 29.8 Å². The Balaban J connectivity index is 2.25. The molecule has 3 heteroatoms. The third-order valence-corrected chi connectivity index (χ3v) is 2.25. The van der Waals surface area contributed by atoms with E-state index in [2.05, 4.69) is 0 Å². The van der Waals surface area contributed by atoms with Gasteiger partial charge in [-0.2, -0.15) is 0 Å². The first-order chi connectivity index (χ1) is 7.29. The lowest BCUT2D eigenvalue weighted by atomic mass is 10.2. The monoisotopic (exact) mass is 201 g/mol. The van der Waals surface area contributed by atoms with Gasteiger partial charge in [0.25, 0.3) is 0 Å². The van der Waals surface area contributed by atoms with E-state index in [4.69, 9.17) is 0 Å². The summed E-state index contributed by atoms with van der Waals surface area (Å²) in [5, 5.41) is 9.29. The molecule has 0 saturated carbocycles. The molecule has 0 aliphatic heterocycles. The largest absolute Gasteiger partial charge is 0.508 e. The minimum atomic E-state index is 0.243. The van der Waals surface area contributed by atoms with Crippen LogP contribution >= 0.6 is 0 Å². The van der Waals surface area contributed by atoms with Gasteiger partial charge in [-0.25, -0.2) is 0 Å². The summed E-state index contributed by atoms with van der Waals surface area (Å²) in [5.74, 6) is 0.243. The number of phenols is 1. The number of carbonyl (C=O) groups excluding carboxylic acids is 1. The minimum absolute atomic E-state index is 0.243. The number of nitrogens with zero attached hydrogens (tertiary/aromatic N) is 1. The molecule has 0 fully saturated rings. The van der Waals surface area contributed by atoms with E-state index in [1.807, 2.05) is 22.9 Å². The SMILES string of the molecule is O=Cc1cccn1Cc1cccc(O)c1. The van der Waals surface area contributed by atoms with Gasteiger partial charge >= 0.3 is 0 Å². The molecule has 0 amide bonds. The number of aromatic hydroxyl groups is 1. The van der Waals surface area contributed by atoms with Gasteiger partial charge in [-0.15, -0.1) is 0 Å². The van der Waals surface area contributed by atoms with Crippen LogP contribution in [0.2, 0.25) is 0 Å². The second kappa shape index (κ2) is 4.00. The number of aromatic nitrogens is 1. The Morgan fingerprint density at radius 2 is 2.13 bits per heavy atom. The van der Waals surface area contributed by atoms with E-state index < -0.39 is 0 Å². The zero-order valence-corrected chi connectivity index (χ0v) is 8.13. The van der Waals surface area contributed by atoms with E-state index in [0.29, 0.717) is 12.2 Å². The summed E-state index contributed by atoms with van der Waals surface area (Å²) < 4.78 is 1.84. The molecule has 0 spiro atoms. The first kappa shape index (κ1) is 9.52. The highest BCUT2D eigenvalue weighted by Gasteiger charge is 2.00. The van der Waals surface area contributed by atoms with Crippen LogP contribution in [0.25, 0.3) is 0 Å². The molecule has 0 unspecified atom stereocenters. The van der Waals surface area contributed by atoms with Crippen LogP contribution in [-0.4, -0.2) is 16.0 Å². The quantitative estimate of drug-likeness (QED) is 0.772. The highest BCUT2D eigenvalue weighted by molar-refractivity contribution is 5.72. The normalized spacial score (nSPS) is 10.1. The molecule has 2 rings (SSSR count). The fourth-order valence-electron chi connectivity index (χ4n) is 1.53. The molecule has 3 nitrogen and oxygen atoms in total. The van der Waals surface area contributed by atoms with Crippen molar-refractivity contribution in [2.75, 3.05) is 0 Å². The van der Waals surface area contributed by atoms with Crippen molar-refractivity contribution in [3.05, 3.63) is 53.9 Å². The molecule has 1 aromatic carbocycles. The van der Waals surface area contributed by atoms with Gasteiger partial charge < -0.3 is 9.67 Å². The highest BCUT2D eigenvalue weighted by atomic mass is 16.3. The predicted molar refractivity (Wildman–Crippen MR) is 57.0 cm³/mol. The van der Waals surface area contributed by atoms with Crippen molar-refractivity contribution < 1.29 is 9.90 Å². The summed E-state index contributed by atoms with van der Waals surface area (Å²) in [5.41, 5.74) is 1.60. The van der Waals surface area contributed by atoms with Crippen LogP contribution in [-0.2, 0) is 6.54 Å². The molecular weight excluding hydrogens is 190 g/mol. The number of benzene rings is 1. The van der Waals surface area contributed by atoms with E-state index in [0.717, 1.165) is 11.8 Å². The molecule has 0 bridgehead atoms. The van der Waals surface area contributed by atoms with Crippen molar-refractivity contribution in [3.63, 3.8) is 0 Å². The Hall–Kier alpha value is -2.03. The lowest BCUT2D eigenvalue weighted by Gasteiger charge is -2.05. The Morgan fingerprint density at radius 3 is 2.87 bits per heavy atom. The van der Waals surface area contributed by atoms with Crippen LogP contribution in [0.4, 0.5) is 0 Å². The Bertz CT molecular complexity index is 474. The Labute approximate surface area is 87.6 Å². The lowest BCUT2D eigenvalue weighted by Crippen LogP contribution is -2.01. The summed E-state index contributed by atoms with van der Waals surface area (Å²) in [6, 6.07) is 10.6. The molecule has 15 heavy (non-hydrogen) atoms. The first-order valence-electron chi connectivity index (χ1n) is 4.68. The van der Waals surface area contributed by atoms with Crippen molar-refractivity contribution in [2.45, 2.75) is 6.54 Å². The number of rotatable bonds is 3. The number of hydrogen-bond donors (Lipinski definition) is 1. The van der Waals surface area contributed by atoms with Gasteiger partial charge in [0.15, 0.2) is 6.29 Å². The van der Waals surface area contributed by atoms with Crippen LogP contribution in [0.3, 0.4) is 0 Å². The Kier molecular flexibility index (Phi) is 2.54. The zero-order valence-electron chi connectivity index (χ0n) is 8.13. The van der Waals surface area contributed by atoms with E-state index in [1.165, 1.54) is 0 Å². The van der Waals surface area contributed by atoms with E-state index in [9.17, 15) is 9.90 Å². The summed E-state index contributed by atoms with van der Waals surface area (Å²) in [7, 11) is 0. The molecule has 1 aromatic heterocycles. The molecule has 0 atom stereocenters. The van der Waals surface area contributed by atoms with Crippen LogP contribution in [0, 0.1) is 0 Å². The van der Waals surface area contributed by atoms with Gasteiger partial charge in [0, 0.05) is 12.7 Å². The van der Waals surface area contributed by atoms with Crippen molar-refractivity contribution in [1.82, 2.24) is 4.57 Å². The summed E-state index contributed by atoms with van der Waals surface area (Å²) in [6.07, 6.45) is 2.66. The van der Waals surface area contributed by atoms with Gasteiger partial charge in [0.1, 0.15) is 5.75 Å². The third-order valence-electron chi connectivity index (χ3n) is 2.25. The van der Waals surface area contributed by atoms with E-state index in [-0.39, 0.29) is 5.75 Å². The second-order valence-corrected chi connectivity index (χ2v) is 3.35. The fourth-order valence-corrected chi connectivity index (χ4v) is 1.53.